The highest BCUT2D eigenvalue weighted by Crippen LogP contribution is 2.31. The minimum atomic E-state index is -4.67. The Morgan fingerprint density at radius 2 is 1.61 bits per heavy atom. The summed E-state index contributed by atoms with van der Waals surface area (Å²) < 4.78 is 91.4. The van der Waals surface area contributed by atoms with E-state index in [1.807, 2.05) is 0 Å². The number of H-pyrrole nitrogens is 1. The molecule has 8 nitrogen and oxygen atoms in total. The van der Waals surface area contributed by atoms with Gasteiger partial charge < -0.3 is 4.98 Å². The lowest BCUT2D eigenvalue weighted by Gasteiger charge is -2.21. The SMILES string of the molecule is O=S(=O)(c1cccc(C(F)(F)F)c1)N1CCCN(S(=O)(=O)c2cnc[nH]2)CC1. The predicted octanol–water partition coefficient (Wildman–Crippen LogP) is 1.51. The smallest absolute Gasteiger partial charge is 0.335 e. The van der Waals surface area contributed by atoms with E-state index in [2.05, 4.69) is 9.97 Å². The van der Waals surface area contributed by atoms with E-state index in [-0.39, 0.29) is 37.6 Å². The van der Waals surface area contributed by atoms with Gasteiger partial charge in [0.2, 0.25) is 10.0 Å². The number of aromatic nitrogens is 2. The molecule has 0 spiro atoms. The Bertz CT molecular complexity index is 1040. The molecule has 0 aliphatic carbocycles. The van der Waals surface area contributed by atoms with Crippen molar-refractivity contribution < 1.29 is 30.0 Å². The number of sulfonamides is 2. The summed E-state index contributed by atoms with van der Waals surface area (Å²) in [7, 11) is -8.06. The first-order chi connectivity index (χ1) is 13.0. The standard InChI is InChI=1S/C15H17F3N4O4S2/c16-15(17,18)12-3-1-4-13(9-12)27(23,24)21-5-2-6-22(8-7-21)28(25,26)14-10-19-11-20-14/h1,3-4,9-11H,2,5-8H2,(H,19,20). The molecule has 0 bridgehead atoms. The van der Waals surface area contributed by atoms with Crippen LogP contribution in [-0.2, 0) is 26.2 Å². The molecule has 1 fully saturated rings. The van der Waals surface area contributed by atoms with Crippen LogP contribution in [0.4, 0.5) is 13.2 Å². The van der Waals surface area contributed by atoms with Crippen molar-refractivity contribution in [2.45, 2.75) is 22.5 Å². The zero-order valence-electron chi connectivity index (χ0n) is 14.4. The minimum Gasteiger partial charge on any atom is -0.335 e. The zero-order chi connectivity index (χ0) is 20.6. The number of hydrogen-bond acceptors (Lipinski definition) is 5. The first kappa shape index (κ1) is 20.8. The summed E-state index contributed by atoms with van der Waals surface area (Å²) in [5.41, 5.74) is -1.06. The number of nitrogens with zero attached hydrogens (tertiary/aromatic N) is 3. The molecular weight excluding hydrogens is 421 g/mol. The van der Waals surface area contributed by atoms with Crippen LogP contribution >= 0.6 is 0 Å². The highest BCUT2D eigenvalue weighted by Gasteiger charge is 2.35. The molecule has 1 aromatic carbocycles. The van der Waals surface area contributed by atoms with Crippen molar-refractivity contribution in [1.29, 1.82) is 0 Å². The van der Waals surface area contributed by atoms with Crippen LogP contribution in [0.2, 0.25) is 0 Å². The van der Waals surface area contributed by atoms with E-state index >= 15 is 0 Å². The summed E-state index contributed by atoms with van der Waals surface area (Å²) in [5.74, 6) is 0. The molecule has 1 aliphatic heterocycles. The molecule has 1 N–H and O–H groups in total. The maximum Gasteiger partial charge on any atom is 0.416 e. The molecular formula is C15H17F3N4O4S2. The molecule has 1 saturated heterocycles. The summed E-state index contributed by atoms with van der Waals surface area (Å²) in [6, 6.07) is 3.50. The first-order valence-corrected chi connectivity index (χ1v) is 11.1. The maximum atomic E-state index is 12.9. The van der Waals surface area contributed by atoms with Gasteiger partial charge in [-0.1, -0.05) is 6.07 Å². The average Bonchev–Trinajstić information content (AvgIpc) is 3.05. The molecule has 0 saturated carbocycles. The zero-order valence-corrected chi connectivity index (χ0v) is 16.1. The Balaban J connectivity index is 1.82. The van der Waals surface area contributed by atoms with Crippen molar-refractivity contribution in [2.75, 3.05) is 26.2 Å². The van der Waals surface area contributed by atoms with Gasteiger partial charge in [-0.2, -0.15) is 21.8 Å². The summed E-state index contributed by atoms with van der Waals surface area (Å²) in [5, 5.41) is -0.110. The second kappa shape index (κ2) is 7.46. The Morgan fingerprint density at radius 1 is 0.964 bits per heavy atom. The van der Waals surface area contributed by atoms with E-state index in [9.17, 15) is 30.0 Å². The van der Waals surface area contributed by atoms with Gasteiger partial charge in [0.25, 0.3) is 10.0 Å². The summed E-state index contributed by atoms with van der Waals surface area (Å²) in [4.78, 5) is 5.69. The molecule has 0 radical (unpaired) electrons. The number of imidazole rings is 1. The molecule has 13 heteroatoms. The van der Waals surface area contributed by atoms with Crippen molar-refractivity contribution in [2.24, 2.45) is 0 Å². The third-order valence-electron chi connectivity index (χ3n) is 4.30. The van der Waals surface area contributed by atoms with Gasteiger partial charge in [-0.05, 0) is 24.6 Å². The first-order valence-electron chi connectivity index (χ1n) is 8.19. The van der Waals surface area contributed by atoms with Crippen LogP contribution in [0.25, 0.3) is 0 Å². The second-order valence-corrected chi connectivity index (χ2v) is 9.95. The van der Waals surface area contributed by atoms with Crippen molar-refractivity contribution in [1.82, 2.24) is 18.6 Å². The molecule has 3 rings (SSSR count). The van der Waals surface area contributed by atoms with Gasteiger partial charge in [0.05, 0.1) is 23.0 Å². The highest BCUT2D eigenvalue weighted by atomic mass is 32.2. The van der Waals surface area contributed by atoms with Crippen molar-refractivity contribution in [3.05, 3.63) is 42.4 Å². The van der Waals surface area contributed by atoms with Gasteiger partial charge in [-0.15, -0.1) is 0 Å². The molecule has 0 amide bonds. The molecule has 28 heavy (non-hydrogen) atoms. The summed E-state index contributed by atoms with van der Waals surface area (Å²) in [6.07, 6.45) is -2.10. The van der Waals surface area contributed by atoms with Crippen molar-refractivity contribution in [3.8, 4) is 0 Å². The fourth-order valence-electron chi connectivity index (χ4n) is 2.86. The number of hydrogen-bond donors (Lipinski definition) is 1. The van der Waals surface area contributed by atoms with Gasteiger partial charge in [0, 0.05) is 26.2 Å². The average molecular weight is 438 g/mol. The molecule has 0 atom stereocenters. The molecule has 0 unspecified atom stereocenters. The Morgan fingerprint density at radius 3 is 2.18 bits per heavy atom. The Kier molecular flexibility index (Phi) is 5.53. The summed E-state index contributed by atoms with van der Waals surface area (Å²) >= 11 is 0. The van der Waals surface area contributed by atoms with Crippen LogP contribution in [0.1, 0.15) is 12.0 Å². The van der Waals surface area contributed by atoms with Crippen LogP contribution in [-0.4, -0.2) is 61.6 Å². The van der Waals surface area contributed by atoms with Crippen LogP contribution < -0.4 is 0 Å². The highest BCUT2D eigenvalue weighted by molar-refractivity contribution is 7.89. The third-order valence-corrected chi connectivity index (χ3v) is 8.02. The number of halogens is 3. The van der Waals surface area contributed by atoms with Crippen LogP contribution in [0, 0.1) is 0 Å². The number of rotatable bonds is 4. The normalized spacial score (nSPS) is 18.1. The molecule has 2 aromatic rings. The Labute approximate surface area is 160 Å². The van der Waals surface area contributed by atoms with Crippen LogP contribution in [0.3, 0.4) is 0 Å². The molecule has 1 aromatic heterocycles. The van der Waals surface area contributed by atoms with E-state index in [1.54, 1.807) is 0 Å². The Hall–Kier alpha value is -1.96. The van der Waals surface area contributed by atoms with Crippen LogP contribution in [0.5, 0.6) is 0 Å². The van der Waals surface area contributed by atoms with Crippen molar-refractivity contribution >= 4 is 20.0 Å². The number of benzene rings is 1. The van der Waals surface area contributed by atoms with Gasteiger partial charge in [-0.25, -0.2) is 21.8 Å². The monoisotopic (exact) mass is 438 g/mol. The summed E-state index contributed by atoms with van der Waals surface area (Å²) in [6.45, 7) is -0.227. The molecule has 2 heterocycles. The van der Waals surface area contributed by atoms with Gasteiger partial charge in [0.1, 0.15) is 0 Å². The van der Waals surface area contributed by atoms with E-state index in [4.69, 9.17) is 0 Å². The lowest BCUT2D eigenvalue weighted by Crippen LogP contribution is -2.37. The number of aromatic amines is 1. The van der Waals surface area contributed by atoms with E-state index in [1.165, 1.54) is 6.33 Å². The fraction of sp³-hybridized carbons (Fsp3) is 0.400. The van der Waals surface area contributed by atoms with Gasteiger partial charge in [0.15, 0.2) is 5.03 Å². The number of nitrogens with one attached hydrogen (secondary N) is 1. The largest absolute Gasteiger partial charge is 0.416 e. The second-order valence-electron chi connectivity index (χ2n) is 6.10. The third kappa shape index (κ3) is 4.06. The minimum absolute atomic E-state index is 0.00637. The quantitative estimate of drug-likeness (QED) is 0.780. The van der Waals surface area contributed by atoms with Gasteiger partial charge >= 0.3 is 6.18 Å². The van der Waals surface area contributed by atoms with E-state index in [0.717, 1.165) is 33.0 Å². The molecule has 154 valence electrons. The lowest BCUT2D eigenvalue weighted by atomic mass is 10.2. The van der Waals surface area contributed by atoms with E-state index < -0.39 is 36.7 Å². The predicted molar refractivity (Wildman–Crippen MR) is 92.2 cm³/mol. The van der Waals surface area contributed by atoms with Crippen LogP contribution in [0.15, 0.2) is 46.7 Å². The molecule has 1 aliphatic rings. The van der Waals surface area contributed by atoms with E-state index in [0.29, 0.717) is 6.07 Å². The lowest BCUT2D eigenvalue weighted by molar-refractivity contribution is -0.137. The number of alkyl halides is 3. The fourth-order valence-corrected chi connectivity index (χ4v) is 5.74. The maximum absolute atomic E-state index is 12.9. The van der Waals surface area contributed by atoms with Gasteiger partial charge in [-0.3, -0.25) is 0 Å². The van der Waals surface area contributed by atoms with Crippen molar-refractivity contribution in [3.63, 3.8) is 0 Å². The topological polar surface area (TPSA) is 103 Å².